The van der Waals surface area contributed by atoms with E-state index in [1.54, 1.807) is 0 Å². The molecule has 0 unspecified atom stereocenters. The van der Waals surface area contributed by atoms with Gasteiger partial charge in [0, 0.05) is 15.8 Å². The first kappa shape index (κ1) is 17.0. The number of hydrogen-bond donors (Lipinski definition) is 1. The first-order valence-electron chi connectivity index (χ1n) is 9.31. The highest BCUT2D eigenvalue weighted by molar-refractivity contribution is 9.10. The minimum absolute atomic E-state index is 1.08. The van der Waals surface area contributed by atoms with E-state index in [1.807, 2.05) is 12.1 Å². The molecule has 0 spiro atoms. The second kappa shape index (κ2) is 7.14. The summed E-state index contributed by atoms with van der Waals surface area (Å²) in [6.07, 6.45) is 0. The molecule has 1 N–H and O–H groups in total. The van der Waals surface area contributed by atoms with Gasteiger partial charge in [0.25, 0.3) is 0 Å². The average molecular weight is 424 g/mol. The van der Waals surface area contributed by atoms with Gasteiger partial charge < -0.3 is 5.32 Å². The third-order valence-corrected chi connectivity index (χ3v) is 5.63. The van der Waals surface area contributed by atoms with Crippen molar-refractivity contribution >= 4 is 48.8 Å². The van der Waals surface area contributed by atoms with E-state index in [2.05, 4.69) is 112 Å². The number of hydrogen-bond acceptors (Lipinski definition) is 1. The highest BCUT2D eigenvalue weighted by atomic mass is 79.9. The van der Waals surface area contributed by atoms with Gasteiger partial charge in [0.15, 0.2) is 0 Å². The van der Waals surface area contributed by atoms with Crippen molar-refractivity contribution in [2.45, 2.75) is 0 Å². The number of fused-ring (bicyclic) bond motifs is 3. The van der Waals surface area contributed by atoms with Gasteiger partial charge in [-0.3, -0.25) is 0 Å². The van der Waals surface area contributed by atoms with Gasteiger partial charge in [-0.1, -0.05) is 76.6 Å². The second-order valence-corrected chi connectivity index (χ2v) is 7.85. The standard InChI is InChI=1S/C26H18BrN/c27-22-11-15-24(16-12-22)28-23-13-9-18(10-14-23)21-8-7-20-6-5-19-3-1-2-4-25(19)26(20)17-21/h1-17,28H. The van der Waals surface area contributed by atoms with Crippen molar-refractivity contribution in [3.63, 3.8) is 0 Å². The monoisotopic (exact) mass is 423 g/mol. The molecule has 0 aromatic heterocycles. The molecule has 0 amide bonds. The molecule has 5 aromatic carbocycles. The Morgan fingerprint density at radius 2 is 1.07 bits per heavy atom. The van der Waals surface area contributed by atoms with Gasteiger partial charge in [0.05, 0.1) is 0 Å². The molecule has 0 fully saturated rings. The Hall–Kier alpha value is -3.10. The molecule has 5 aromatic rings. The quantitative estimate of drug-likeness (QED) is 0.288. The molecule has 0 aliphatic rings. The SMILES string of the molecule is Brc1ccc(Nc2ccc(-c3ccc4ccc5ccccc5c4c3)cc2)cc1. The molecule has 0 saturated carbocycles. The minimum Gasteiger partial charge on any atom is -0.356 e. The smallest absolute Gasteiger partial charge is 0.0384 e. The molecular formula is C26H18BrN. The first-order chi connectivity index (χ1) is 13.8. The van der Waals surface area contributed by atoms with Crippen molar-refractivity contribution in [3.05, 3.63) is 108 Å². The fourth-order valence-corrected chi connectivity index (χ4v) is 3.89. The van der Waals surface area contributed by atoms with E-state index in [0.717, 1.165) is 15.8 Å². The molecule has 2 heteroatoms. The Morgan fingerprint density at radius 3 is 1.82 bits per heavy atom. The number of anilines is 2. The first-order valence-corrected chi connectivity index (χ1v) is 10.1. The highest BCUT2D eigenvalue weighted by Gasteiger charge is 2.04. The van der Waals surface area contributed by atoms with E-state index < -0.39 is 0 Å². The normalized spacial score (nSPS) is 11.0. The molecule has 0 saturated heterocycles. The second-order valence-electron chi connectivity index (χ2n) is 6.93. The third kappa shape index (κ3) is 3.28. The third-order valence-electron chi connectivity index (χ3n) is 5.10. The summed E-state index contributed by atoms with van der Waals surface area (Å²) in [5.41, 5.74) is 4.61. The zero-order valence-electron chi connectivity index (χ0n) is 15.2. The van der Waals surface area contributed by atoms with Crippen LogP contribution in [0.15, 0.2) is 108 Å². The van der Waals surface area contributed by atoms with Crippen LogP contribution in [0.5, 0.6) is 0 Å². The molecule has 0 aliphatic carbocycles. The van der Waals surface area contributed by atoms with Gasteiger partial charge in [-0.25, -0.2) is 0 Å². The van der Waals surface area contributed by atoms with E-state index in [-0.39, 0.29) is 0 Å². The molecule has 28 heavy (non-hydrogen) atoms. The lowest BCUT2D eigenvalue weighted by Gasteiger charge is -2.10. The molecule has 0 aliphatic heterocycles. The van der Waals surface area contributed by atoms with Gasteiger partial charge in [0.1, 0.15) is 0 Å². The predicted octanol–water partition coefficient (Wildman–Crippen LogP) is 8.17. The van der Waals surface area contributed by atoms with Crippen molar-refractivity contribution in [2.24, 2.45) is 0 Å². The van der Waals surface area contributed by atoms with Gasteiger partial charge in [-0.15, -0.1) is 0 Å². The van der Waals surface area contributed by atoms with Crippen LogP contribution in [0.2, 0.25) is 0 Å². The number of nitrogens with one attached hydrogen (secondary N) is 1. The van der Waals surface area contributed by atoms with E-state index in [1.165, 1.54) is 32.7 Å². The largest absolute Gasteiger partial charge is 0.356 e. The molecule has 0 heterocycles. The van der Waals surface area contributed by atoms with Crippen LogP contribution in [0.25, 0.3) is 32.7 Å². The van der Waals surface area contributed by atoms with Crippen LogP contribution < -0.4 is 5.32 Å². The van der Waals surface area contributed by atoms with E-state index >= 15 is 0 Å². The van der Waals surface area contributed by atoms with Crippen LogP contribution in [-0.4, -0.2) is 0 Å². The summed E-state index contributed by atoms with van der Waals surface area (Å²) >= 11 is 3.47. The van der Waals surface area contributed by atoms with Crippen molar-refractivity contribution < 1.29 is 0 Å². The van der Waals surface area contributed by atoms with Crippen LogP contribution in [-0.2, 0) is 0 Å². The van der Waals surface area contributed by atoms with Crippen LogP contribution in [0.3, 0.4) is 0 Å². The Labute approximate surface area is 172 Å². The zero-order chi connectivity index (χ0) is 18.9. The summed E-state index contributed by atoms with van der Waals surface area (Å²) in [5, 5.41) is 8.60. The van der Waals surface area contributed by atoms with Gasteiger partial charge >= 0.3 is 0 Å². The summed E-state index contributed by atoms with van der Waals surface area (Å²) in [5.74, 6) is 0. The van der Waals surface area contributed by atoms with Crippen molar-refractivity contribution in [1.29, 1.82) is 0 Å². The molecule has 134 valence electrons. The van der Waals surface area contributed by atoms with E-state index in [0.29, 0.717) is 0 Å². The molecule has 0 bridgehead atoms. The van der Waals surface area contributed by atoms with Gasteiger partial charge in [0.2, 0.25) is 0 Å². The predicted molar refractivity (Wildman–Crippen MR) is 124 cm³/mol. The summed E-state index contributed by atoms with van der Waals surface area (Å²) in [4.78, 5) is 0. The number of halogens is 1. The lowest BCUT2D eigenvalue weighted by atomic mass is 9.97. The fraction of sp³-hybridized carbons (Fsp3) is 0. The maximum atomic E-state index is 3.47. The van der Waals surface area contributed by atoms with Crippen LogP contribution >= 0.6 is 15.9 Å². The maximum absolute atomic E-state index is 3.47. The van der Waals surface area contributed by atoms with Gasteiger partial charge in [-0.2, -0.15) is 0 Å². The Kier molecular flexibility index (Phi) is 4.34. The molecular weight excluding hydrogens is 406 g/mol. The minimum atomic E-state index is 1.08. The topological polar surface area (TPSA) is 12.0 Å². The summed E-state index contributed by atoms with van der Waals surface area (Å²) in [6, 6.07) is 36.5. The molecule has 0 atom stereocenters. The molecule has 0 radical (unpaired) electrons. The molecule has 1 nitrogen and oxygen atoms in total. The van der Waals surface area contributed by atoms with Crippen molar-refractivity contribution in [3.8, 4) is 11.1 Å². The van der Waals surface area contributed by atoms with E-state index in [4.69, 9.17) is 0 Å². The Bertz CT molecular complexity index is 1270. The summed E-state index contributed by atoms with van der Waals surface area (Å²) < 4.78 is 1.08. The number of benzene rings is 5. The van der Waals surface area contributed by atoms with Crippen molar-refractivity contribution in [2.75, 3.05) is 5.32 Å². The average Bonchev–Trinajstić information content (AvgIpc) is 2.75. The Balaban J connectivity index is 1.49. The van der Waals surface area contributed by atoms with Crippen LogP contribution in [0.4, 0.5) is 11.4 Å². The number of rotatable bonds is 3. The zero-order valence-corrected chi connectivity index (χ0v) is 16.8. The lowest BCUT2D eigenvalue weighted by molar-refractivity contribution is 1.53. The Morgan fingerprint density at radius 1 is 0.500 bits per heavy atom. The maximum Gasteiger partial charge on any atom is 0.0384 e. The van der Waals surface area contributed by atoms with Crippen molar-refractivity contribution in [1.82, 2.24) is 0 Å². The van der Waals surface area contributed by atoms with E-state index in [9.17, 15) is 0 Å². The van der Waals surface area contributed by atoms with Crippen LogP contribution in [0.1, 0.15) is 0 Å². The highest BCUT2D eigenvalue weighted by Crippen LogP contribution is 2.31. The fourth-order valence-electron chi connectivity index (χ4n) is 3.63. The lowest BCUT2D eigenvalue weighted by Crippen LogP contribution is -1.89. The van der Waals surface area contributed by atoms with Crippen LogP contribution in [0, 0.1) is 0 Å². The summed E-state index contributed by atoms with van der Waals surface area (Å²) in [7, 11) is 0. The summed E-state index contributed by atoms with van der Waals surface area (Å²) in [6.45, 7) is 0. The van der Waals surface area contributed by atoms with Gasteiger partial charge in [-0.05, 0) is 75.1 Å². The molecule has 5 rings (SSSR count).